The fourth-order valence-corrected chi connectivity index (χ4v) is 4.74. The SMILES string of the molecule is O=C(Nc1ccc(Br)cc1)N1CCOC2(CC3CCC2C3)C1. The molecule has 2 bridgehead atoms. The molecule has 1 aliphatic heterocycles. The van der Waals surface area contributed by atoms with Crippen LogP contribution in [0.4, 0.5) is 10.5 Å². The minimum absolute atomic E-state index is 0.00669. The van der Waals surface area contributed by atoms with Crippen LogP contribution in [-0.2, 0) is 4.74 Å². The molecule has 3 atom stereocenters. The molecule has 2 aliphatic carbocycles. The van der Waals surface area contributed by atoms with Gasteiger partial charge in [-0.15, -0.1) is 0 Å². The Balaban J connectivity index is 1.44. The molecule has 1 N–H and O–H groups in total. The van der Waals surface area contributed by atoms with E-state index in [4.69, 9.17) is 4.74 Å². The van der Waals surface area contributed by atoms with Crippen molar-refractivity contribution in [2.75, 3.05) is 25.0 Å². The lowest BCUT2D eigenvalue weighted by Gasteiger charge is -2.45. The molecule has 1 spiro atoms. The van der Waals surface area contributed by atoms with E-state index >= 15 is 0 Å². The molecule has 2 saturated carbocycles. The molecule has 1 aromatic rings. The van der Waals surface area contributed by atoms with Gasteiger partial charge in [0.05, 0.1) is 18.8 Å². The molecular formula is C17H21BrN2O2. The Kier molecular flexibility index (Phi) is 3.65. The molecular weight excluding hydrogens is 344 g/mol. The lowest BCUT2D eigenvalue weighted by atomic mass is 9.83. The number of hydrogen-bond donors (Lipinski definition) is 1. The molecule has 5 heteroatoms. The molecule has 0 aromatic heterocycles. The molecule has 3 fully saturated rings. The van der Waals surface area contributed by atoms with Crippen molar-refractivity contribution >= 4 is 27.6 Å². The summed E-state index contributed by atoms with van der Waals surface area (Å²) in [5.74, 6) is 1.47. The number of benzene rings is 1. The largest absolute Gasteiger partial charge is 0.371 e. The van der Waals surface area contributed by atoms with E-state index in [1.54, 1.807) is 0 Å². The zero-order chi connectivity index (χ0) is 15.2. The first kappa shape index (κ1) is 14.5. The lowest BCUT2D eigenvalue weighted by Crippen LogP contribution is -2.57. The quantitative estimate of drug-likeness (QED) is 0.821. The Labute approximate surface area is 139 Å². The van der Waals surface area contributed by atoms with Crippen molar-refractivity contribution in [3.05, 3.63) is 28.7 Å². The van der Waals surface area contributed by atoms with Gasteiger partial charge in [0.1, 0.15) is 0 Å². The molecule has 118 valence electrons. The fourth-order valence-electron chi connectivity index (χ4n) is 4.48. The zero-order valence-corrected chi connectivity index (χ0v) is 14.1. The third-order valence-electron chi connectivity index (χ3n) is 5.51. The van der Waals surface area contributed by atoms with E-state index in [9.17, 15) is 4.79 Å². The highest BCUT2D eigenvalue weighted by Gasteiger charge is 2.54. The van der Waals surface area contributed by atoms with E-state index in [0.717, 1.165) is 29.0 Å². The summed E-state index contributed by atoms with van der Waals surface area (Å²) in [6.07, 6.45) is 5.05. The van der Waals surface area contributed by atoms with Crippen LogP contribution in [0.15, 0.2) is 28.7 Å². The monoisotopic (exact) mass is 364 g/mol. The van der Waals surface area contributed by atoms with Gasteiger partial charge >= 0.3 is 6.03 Å². The molecule has 0 radical (unpaired) electrons. The smallest absolute Gasteiger partial charge is 0.322 e. The molecule has 1 aromatic carbocycles. The van der Waals surface area contributed by atoms with Gasteiger partial charge in [-0.3, -0.25) is 0 Å². The number of fused-ring (bicyclic) bond motifs is 3. The van der Waals surface area contributed by atoms with Crippen molar-refractivity contribution in [1.29, 1.82) is 0 Å². The number of ether oxygens (including phenoxy) is 1. The summed E-state index contributed by atoms with van der Waals surface area (Å²) in [6, 6.07) is 7.69. The summed E-state index contributed by atoms with van der Waals surface area (Å²) in [7, 11) is 0. The van der Waals surface area contributed by atoms with Crippen LogP contribution in [0, 0.1) is 11.8 Å². The van der Waals surface area contributed by atoms with Gasteiger partial charge in [-0.1, -0.05) is 15.9 Å². The standard InChI is InChI=1S/C17H21BrN2O2/c18-14-3-5-15(6-4-14)19-16(21)20-7-8-22-17(11-20)10-12-1-2-13(17)9-12/h3-6,12-13H,1-2,7-11H2,(H,19,21). The molecule has 1 heterocycles. The molecule has 22 heavy (non-hydrogen) atoms. The summed E-state index contributed by atoms with van der Waals surface area (Å²) in [4.78, 5) is 14.5. The summed E-state index contributed by atoms with van der Waals surface area (Å²) in [5, 5.41) is 3.00. The van der Waals surface area contributed by atoms with Crippen molar-refractivity contribution in [2.24, 2.45) is 11.8 Å². The predicted molar refractivity (Wildman–Crippen MR) is 88.9 cm³/mol. The highest BCUT2D eigenvalue weighted by atomic mass is 79.9. The minimum Gasteiger partial charge on any atom is -0.371 e. The van der Waals surface area contributed by atoms with Crippen molar-refractivity contribution in [1.82, 2.24) is 4.90 Å². The van der Waals surface area contributed by atoms with Gasteiger partial charge in [0.25, 0.3) is 0 Å². The molecule has 2 amide bonds. The van der Waals surface area contributed by atoms with Crippen LogP contribution in [0.5, 0.6) is 0 Å². The normalized spacial score (nSPS) is 33.4. The van der Waals surface area contributed by atoms with Crippen LogP contribution in [0.25, 0.3) is 0 Å². The number of hydrogen-bond acceptors (Lipinski definition) is 2. The Bertz CT molecular complexity index is 577. The predicted octanol–water partition coefficient (Wildman–Crippen LogP) is 3.87. The van der Waals surface area contributed by atoms with Crippen LogP contribution in [0.3, 0.4) is 0 Å². The van der Waals surface area contributed by atoms with Crippen LogP contribution in [0.1, 0.15) is 25.7 Å². The van der Waals surface area contributed by atoms with E-state index in [2.05, 4.69) is 21.2 Å². The van der Waals surface area contributed by atoms with Gasteiger partial charge in [-0.05, 0) is 61.8 Å². The van der Waals surface area contributed by atoms with E-state index in [1.165, 1.54) is 19.3 Å². The maximum Gasteiger partial charge on any atom is 0.322 e. The number of anilines is 1. The number of morpholine rings is 1. The van der Waals surface area contributed by atoms with Gasteiger partial charge in [0.2, 0.25) is 0 Å². The number of halogens is 1. The van der Waals surface area contributed by atoms with Gasteiger partial charge in [0, 0.05) is 16.7 Å². The van der Waals surface area contributed by atoms with E-state index < -0.39 is 0 Å². The van der Waals surface area contributed by atoms with Crippen molar-refractivity contribution < 1.29 is 9.53 Å². The summed E-state index contributed by atoms with van der Waals surface area (Å²) in [6.45, 7) is 2.09. The fraction of sp³-hybridized carbons (Fsp3) is 0.588. The van der Waals surface area contributed by atoms with Crippen molar-refractivity contribution in [2.45, 2.75) is 31.3 Å². The first-order valence-corrected chi connectivity index (χ1v) is 8.89. The Morgan fingerprint density at radius 3 is 2.82 bits per heavy atom. The van der Waals surface area contributed by atoms with Crippen molar-refractivity contribution in [3.8, 4) is 0 Å². The second-order valence-electron chi connectivity index (χ2n) is 6.85. The third kappa shape index (κ3) is 2.54. The van der Waals surface area contributed by atoms with Gasteiger partial charge in [-0.2, -0.15) is 0 Å². The van der Waals surface area contributed by atoms with E-state index in [0.29, 0.717) is 19.1 Å². The minimum atomic E-state index is -0.0573. The van der Waals surface area contributed by atoms with E-state index in [1.807, 2.05) is 29.2 Å². The zero-order valence-electron chi connectivity index (χ0n) is 12.6. The summed E-state index contributed by atoms with van der Waals surface area (Å²) in [5.41, 5.74) is 0.778. The molecule has 4 rings (SSSR count). The second-order valence-corrected chi connectivity index (χ2v) is 7.77. The topological polar surface area (TPSA) is 41.6 Å². The molecule has 1 saturated heterocycles. The van der Waals surface area contributed by atoms with Crippen LogP contribution in [-0.4, -0.2) is 36.2 Å². The number of nitrogens with one attached hydrogen (secondary N) is 1. The maximum absolute atomic E-state index is 12.5. The first-order chi connectivity index (χ1) is 10.6. The summed E-state index contributed by atoms with van der Waals surface area (Å²) >= 11 is 3.41. The summed E-state index contributed by atoms with van der Waals surface area (Å²) < 4.78 is 7.19. The molecule has 3 aliphatic rings. The molecule has 4 nitrogen and oxygen atoms in total. The van der Waals surface area contributed by atoms with Gasteiger partial charge in [-0.25, -0.2) is 4.79 Å². The van der Waals surface area contributed by atoms with Crippen LogP contribution in [0.2, 0.25) is 0 Å². The number of urea groups is 1. The first-order valence-electron chi connectivity index (χ1n) is 8.10. The number of rotatable bonds is 1. The third-order valence-corrected chi connectivity index (χ3v) is 6.04. The Morgan fingerprint density at radius 2 is 2.14 bits per heavy atom. The average Bonchev–Trinajstić information content (AvgIpc) is 3.10. The Morgan fingerprint density at radius 1 is 1.32 bits per heavy atom. The Hall–Kier alpha value is -1.07. The number of amides is 2. The van der Waals surface area contributed by atoms with Crippen LogP contribution >= 0.6 is 15.9 Å². The van der Waals surface area contributed by atoms with Crippen molar-refractivity contribution in [3.63, 3.8) is 0 Å². The van der Waals surface area contributed by atoms with E-state index in [-0.39, 0.29) is 11.6 Å². The van der Waals surface area contributed by atoms with Crippen LogP contribution < -0.4 is 5.32 Å². The second kappa shape index (κ2) is 5.53. The highest BCUT2D eigenvalue weighted by Crippen LogP contribution is 2.53. The highest BCUT2D eigenvalue weighted by molar-refractivity contribution is 9.10. The maximum atomic E-state index is 12.5. The average molecular weight is 365 g/mol. The van der Waals surface area contributed by atoms with Gasteiger partial charge in [0.15, 0.2) is 0 Å². The number of nitrogens with zero attached hydrogens (tertiary/aromatic N) is 1. The molecule has 3 unspecified atom stereocenters. The van der Waals surface area contributed by atoms with Gasteiger partial charge < -0.3 is 15.0 Å². The lowest BCUT2D eigenvalue weighted by molar-refractivity contribution is -0.126. The number of carbonyl (C=O) groups is 1. The number of carbonyl (C=O) groups excluding carboxylic acids is 1.